The van der Waals surface area contributed by atoms with Crippen molar-refractivity contribution >= 4 is 33.6 Å². The molecule has 0 N–H and O–H groups in total. The smallest absolute Gasteiger partial charge is 0.192 e. The number of rotatable bonds is 7. The van der Waals surface area contributed by atoms with Crippen LogP contribution in [-0.4, -0.2) is 69.1 Å². The Morgan fingerprint density at radius 2 is 1.62 bits per heavy atom. The maximum atomic E-state index is 6.90. The Balaban J connectivity index is 1.90. The largest absolute Gasteiger partial charge is 0.414 e. The van der Waals surface area contributed by atoms with Crippen molar-refractivity contribution in [3.05, 3.63) is 12.7 Å². The van der Waals surface area contributed by atoms with Crippen molar-refractivity contribution in [3.63, 3.8) is 0 Å². The number of hydrogen-bond acceptors (Lipinski definition) is 7. The molecular formula is C24H45N5O3Si2. The minimum absolute atomic E-state index is 0.0386. The molecule has 10 heteroatoms. The van der Waals surface area contributed by atoms with E-state index in [1.165, 1.54) is 0 Å². The minimum atomic E-state index is -2.00. The highest BCUT2D eigenvalue weighted by Crippen LogP contribution is 2.43. The summed E-state index contributed by atoms with van der Waals surface area (Å²) in [6.45, 7) is 23.3. The SMILES string of the molecule is CN(C)c1ncnc2c1ncn2[C@H]1C[C@H](O[Si](C)(C)C(C)(C)C)[C@@H](CO[Si](C)(C)C(C)(C)C)O1. The molecule has 1 aliphatic heterocycles. The van der Waals surface area contributed by atoms with Crippen molar-refractivity contribution in [2.75, 3.05) is 25.6 Å². The quantitative estimate of drug-likeness (QED) is 0.452. The van der Waals surface area contributed by atoms with Crippen LogP contribution < -0.4 is 4.90 Å². The van der Waals surface area contributed by atoms with Crippen LogP contribution in [-0.2, 0) is 13.6 Å². The first-order chi connectivity index (χ1) is 15.4. The van der Waals surface area contributed by atoms with E-state index < -0.39 is 16.6 Å². The normalized spacial score (nSPS) is 22.5. The summed E-state index contributed by atoms with van der Waals surface area (Å²) >= 11 is 0. The second kappa shape index (κ2) is 9.27. The second-order valence-electron chi connectivity index (χ2n) is 12.8. The third kappa shape index (κ3) is 5.40. The summed E-state index contributed by atoms with van der Waals surface area (Å²) in [5, 5.41) is 0.256. The van der Waals surface area contributed by atoms with Gasteiger partial charge in [-0.1, -0.05) is 41.5 Å². The van der Waals surface area contributed by atoms with Gasteiger partial charge in [-0.2, -0.15) is 0 Å². The van der Waals surface area contributed by atoms with Crippen LogP contribution in [0, 0.1) is 0 Å². The number of nitrogens with zero attached hydrogens (tertiary/aromatic N) is 5. The van der Waals surface area contributed by atoms with Crippen molar-refractivity contribution in [1.29, 1.82) is 0 Å². The summed E-state index contributed by atoms with van der Waals surface area (Å²) in [6.07, 6.45) is 3.76. The molecule has 3 atom stereocenters. The van der Waals surface area contributed by atoms with E-state index in [1.54, 1.807) is 6.33 Å². The maximum Gasteiger partial charge on any atom is 0.192 e. The van der Waals surface area contributed by atoms with Crippen LogP contribution >= 0.6 is 0 Å². The van der Waals surface area contributed by atoms with Gasteiger partial charge in [-0.15, -0.1) is 0 Å². The molecule has 8 nitrogen and oxygen atoms in total. The van der Waals surface area contributed by atoms with Crippen LogP contribution in [0.15, 0.2) is 12.7 Å². The molecule has 1 saturated heterocycles. The Morgan fingerprint density at radius 1 is 1.00 bits per heavy atom. The number of imidazole rings is 1. The van der Waals surface area contributed by atoms with E-state index >= 15 is 0 Å². The summed E-state index contributed by atoms with van der Waals surface area (Å²) in [4.78, 5) is 15.5. The minimum Gasteiger partial charge on any atom is -0.414 e. The molecule has 2 aromatic heterocycles. The summed E-state index contributed by atoms with van der Waals surface area (Å²) in [6, 6.07) is 0. The van der Waals surface area contributed by atoms with E-state index in [4.69, 9.17) is 13.6 Å². The van der Waals surface area contributed by atoms with Gasteiger partial charge in [0.1, 0.15) is 18.7 Å². The predicted octanol–water partition coefficient (Wildman–Crippen LogP) is 5.59. The maximum absolute atomic E-state index is 6.90. The Kier molecular flexibility index (Phi) is 7.43. The van der Waals surface area contributed by atoms with Crippen LogP contribution in [0.1, 0.15) is 54.2 Å². The molecule has 0 spiro atoms. The molecule has 0 unspecified atom stereocenters. The first-order valence-corrected chi connectivity index (χ1v) is 18.1. The molecule has 3 rings (SSSR count). The Hall–Kier alpha value is -1.34. The standard InChI is InChI=1S/C24H45N5O3Si2/c1-23(2,3)33(9,10)30-14-18-17(32-34(11,12)24(4,5)6)13-19(31-18)29-16-27-20-21(28(7)8)25-15-26-22(20)29/h15-19H,13-14H2,1-12H3/t17-,18+,19+/m0/s1. The van der Waals surface area contributed by atoms with E-state index in [0.29, 0.717) is 6.61 Å². The summed E-state index contributed by atoms with van der Waals surface area (Å²) in [7, 11) is 0.00950. The molecule has 1 fully saturated rings. The zero-order valence-electron chi connectivity index (χ0n) is 23.3. The van der Waals surface area contributed by atoms with E-state index in [0.717, 1.165) is 23.4 Å². The van der Waals surface area contributed by atoms with Crippen LogP contribution in [0.25, 0.3) is 11.2 Å². The van der Waals surface area contributed by atoms with Gasteiger partial charge < -0.3 is 18.5 Å². The van der Waals surface area contributed by atoms with Gasteiger partial charge in [0.25, 0.3) is 0 Å². The van der Waals surface area contributed by atoms with Crippen LogP contribution in [0.3, 0.4) is 0 Å². The molecule has 0 aliphatic carbocycles. The first-order valence-electron chi connectivity index (χ1n) is 12.3. The molecule has 192 valence electrons. The lowest BCUT2D eigenvalue weighted by Gasteiger charge is -2.40. The number of ether oxygens (including phenoxy) is 1. The molecular weight excluding hydrogens is 462 g/mol. The lowest BCUT2D eigenvalue weighted by atomic mass is 10.2. The van der Waals surface area contributed by atoms with Gasteiger partial charge in [-0.05, 0) is 36.3 Å². The van der Waals surface area contributed by atoms with Crippen molar-refractivity contribution in [2.45, 2.75) is 103 Å². The van der Waals surface area contributed by atoms with Gasteiger partial charge in [0.05, 0.1) is 19.0 Å². The molecule has 0 amide bonds. The fourth-order valence-corrected chi connectivity index (χ4v) is 5.96. The van der Waals surface area contributed by atoms with Gasteiger partial charge in [0.15, 0.2) is 33.6 Å². The topological polar surface area (TPSA) is 74.5 Å². The van der Waals surface area contributed by atoms with E-state index in [1.807, 2.05) is 29.9 Å². The first kappa shape index (κ1) is 27.3. The average molecular weight is 508 g/mol. The summed E-state index contributed by atoms with van der Waals surface area (Å²) < 4.78 is 22.2. The lowest BCUT2D eigenvalue weighted by Crippen LogP contribution is -2.48. The fourth-order valence-electron chi connectivity index (χ4n) is 3.58. The summed E-state index contributed by atoms with van der Waals surface area (Å²) in [5.74, 6) is 0.800. The van der Waals surface area contributed by atoms with E-state index in [-0.39, 0.29) is 28.5 Å². The van der Waals surface area contributed by atoms with Gasteiger partial charge in [0.2, 0.25) is 0 Å². The third-order valence-electron chi connectivity index (χ3n) is 7.92. The van der Waals surface area contributed by atoms with E-state index in [9.17, 15) is 0 Å². The van der Waals surface area contributed by atoms with Crippen molar-refractivity contribution in [3.8, 4) is 0 Å². The number of fused-ring (bicyclic) bond motifs is 1. The molecule has 0 radical (unpaired) electrons. The molecule has 0 aromatic carbocycles. The average Bonchev–Trinajstić information content (AvgIpc) is 3.27. The van der Waals surface area contributed by atoms with Crippen molar-refractivity contribution in [2.24, 2.45) is 0 Å². The number of anilines is 1. The molecule has 3 heterocycles. The van der Waals surface area contributed by atoms with Crippen LogP contribution in [0.5, 0.6) is 0 Å². The lowest BCUT2D eigenvalue weighted by molar-refractivity contribution is -0.0383. The molecule has 0 saturated carbocycles. The monoisotopic (exact) mass is 507 g/mol. The fraction of sp³-hybridized carbons (Fsp3) is 0.792. The van der Waals surface area contributed by atoms with Crippen LogP contribution in [0.4, 0.5) is 5.82 Å². The van der Waals surface area contributed by atoms with Gasteiger partial charge in [-0.25, -0.2) is 15.0 Å². The second-order valence-corrected chi connectivity index (χ2v) is 22.3. The van der Waals surface area contributed by atoms with E-state index in [2.05, 4.69) is 82.7 Å². The van der Waals surface area contributed by atoms with Gasteiger partial charge in [0, 0.05) is 20.5 Å². The predicted molar refractivity (Wildman–Crippen MR) is 143 cm³/mol. The Morgan fingerprint density at radius 3 is 2.18 bits per heavy atom. The Bertz CT molecular complexity index is 995. The zero-order valence-corrected chi connectivity index (χ0v) is 25.3. The third-order valence-corrected chi connectivity index (χ3v) is 16.9. The number of aromatic nitrogens is 4. The molecule has 0 bridgehead atoms. The molecule has 1 aliphatic rings. The van der Waals surface area contributed by atoms with Crippen LogP contribution in [0.2, 0.25) is 36.3 Å². The zero-order chi connectivity index (χ0) is 25.7. The highest BCUT2D eigenvalue weighted by molar-refractivity contribution is 6.74. The molecule has 34 heavy (non-hydrogen) atoms. The van der Waals surface area contributed by atoms with Crippen molar-refractivity contribution < 1.29 is 13.6 Å². The van der Waals surface area contributed by atoms with Gasteiger partial charge >= 0.3 is 0 Å². The highest BCUT2D eigenvalue weighted by atomic mass is 28.4. The van der Waals surface area contributed by atoms with Crippen molar-refractivity contribution in [1.82, 2.24) is 19.5 Å². The van der Waals surface area contributed by atoms with Gasteiger partial charge in [-0.3, -0.25) is 4.57 Å². The number of hydrogen-bond donors (Lipinski definition) is 0. The Labute approximate surface area is 207 Å². The highest BCUT2D eigenvalue weighted by Gasteiger charge is 2.46. The summed E-state index contributed by atoms with van der Waals surface area (Å²) in [5.41, 5.74) is 1.56. The molecule has 2 aromatic rings.